The molecule has 2 amide bonds. The van der Waals surface area contributed by atoms with Gasteiger partial charge in [0.25, 0.3) is 5.91 Å². The Morgan fingerprint density at radius 2 is 1.76 bits per heavy atom. The molecule has 2 N–H and O–H groups in total. The predicted molar refractivity (Wildman–Crippen MR) is 95.7 cm³/mol. The van der Waals surface area contributed by atoms with Crippen molar-refractivity contribution in [3.63, 3.8) is 0 Å². The fourth-order valence-corrected chi connectivity index (χ4v) is 2.10. The molecule has 0 spiro atoms. The van der Waals surface area contributed by atoms with E-state index in [2.05, 4.69) is 5.32 Å². The Bertz CT molecular complexity index is 726. The highest BCUT2D eigenvalue weighted by Gasteiger charge is 2.07. The number of amides is 2. The van der Waals surface area contributed by atoms with Crippen molar-refractivity contribution in [1.29, 1.82) is 0 Å². The Morgan fingerprint density at radius 1 is 1.08 bits per heavy atom. The summed E-state index contributed by atoms with van der Waals surface area (Å²) in [4.78, 5) is 24.9. The molecule has 0 aliphatic rings. The van der Waals surface area contributed by atoms with Crippen LogP contribution in [0.4, 0.5) is 5.69 Å². The van der Waals surface area contributed by atoms with Gasteiger partial charge in [0.2, 0.25) is 5.91 Å². The molecule has 2 rings (SSSR count). The normalized spacial score (nSPS) is 10.2. The lowest BCUT2D eigenvalue weighted by atomic mass is 10.1. The second kappa shape index (κ2) is 8.73. The molecule has 132 valence electrons. The van der Waals surface area contributed by atoms with E-state index in [4.69, 9.17) is 4.74 Å². The van der Waals surface area contributed by atoms with Crippen LogP contribution in [0, 0.1) is 0 Å². The van der Waals surface area contributed by atoms with Crippen molar-refractivity contribution in [2.75, 3.05) is 26.0 Å². The van der Waals surface area contributed by atoms with E-state index in [9.17, 15) is 14.7 Å². The number of para-hydroxylation sites is 1. The van der Waals surface area contributed by atoms with Crippen LogP contribution in [0.2, 0.25) is 0 Å². The SMILES string of the molecule is CN(C)C(=O)COc1ccc(NC(=O)CCc2ccccc2O)cc1. The number of aromatic hydroxyl groups is 1. The third-order valence-electron chi connectivity index (χ3n) is 3.61. The smallest absolute Gasteiger partial charge is 0.259 e. The van der Waals surface area contributed by atoms with Gasteiger partial charge in [-0.05, 0) is 42.3 Å². The lowest BCUT2D eigenvalue weighted by Crippen LogP contribution is -2.27. The number of likely N-dealkylation sites (N-methyl/N-ethyl adjacent to an activating group) is 1. The highest BCUT2D eigenvalue weighted by molar-refractivity contribution is 5.90. The van der Waals surface area contributed by atoms with Crippen molar-refractivity contribution in [2.24, 2.45) is 0 Å². The fraction of sp³-hybridized carbons (Fsp3) is 0.263. The summed E-state index contributed by atoms with van der Waals surface area (Å²) in [6.07, 6.45) is 0.736. The molecule has 0 fully saturated rings. The molecule has 0 saturated heterocycles. The monoisotopic (exact) mass is 342 g/mol. The first-order valence-corrected chi connectivity index (χ1v) is 7.95. The van der Waals surface area contributed by atoms with Crippen LogP contribution in [-0.2, 0) is 16.0 Å². The average Bonchev–Trinajstić information content (AvgIpc) is 2.60. The molecule has 0 radical (unpaired) electrons. The highest BCUT2D eigenvalue weighted by Crippen LogP contribution is 2.19. The third kappa shape index (κ3) is 5.84. The molecule has 0 aliphatic carbocycles. The molecule has 0 aromatic heterocycles. The third-order valence-corrected chi connectivity index (χ3v) is 3.61. The summed E-state index contributed by atoms with van der Waals surface area (Å²) >= 11 is 0. The van der Waals surface area contributed by atoms with Gasteiger partial charge in [0.1, 0.15) is 11.5 Å². The Balaban J connectivity index is 1.81. The van der Waals surface area contributed by atoms with Crippen LogP contribution >= 0.6 is 0 Å². The molecule has 0 atom stereocenters. The Kier molecular flexibility index (Phi) is 6.39. The van der Waals surface area contributed by atoms with Gasteiger partial charge in [0.05, 0.1) is 0 Å². The van der Waals surface area contributed by atoms with Crippen LogP contribution < -0.4 is 10.1 Å². The number of hydrogen-bond acceptors (Lipinski definition) is 4. The van der Waals surface area contributed by atoms with Crippen LogP contribution in [0.15, 0.2) is 48.5 Å². The maximum absolute atomic E-state index is 12.0. The quantitative estimate of drug-likeness (QED) is 0.810. The van der Waals surface area contributed by atoms with E-state index in [0.717, 1.165) is 5.56 Å². The van der Waals surface area contributed by atoms with Crippen LogP contribution in [0.1, 0.15) is 12.0 Å². The zero-order valence-electron chi connectivity index (χ0n) is 14.4. The van der Waals surface area contributed by atoms with E-state index < -0.39 is 0 Å². The van der Waals surface area contributed by atoms with Crippen LogP contribution in [0.25, 0.3) is 0 Å². The van der Waals surface area contributed by atoms with Gasteiger partial charge in [0.15, 0.2) is 6.61 Å². The summed E-state index contributed by atoms with van der Waals surface area (Å²) in [7, 11) is 3.33. The lowest BCUT2D eigenvalue weighted by Gasteiger charge is -2.12. The Labute approximate surface area is 147 Å². The number of carbonyl (C=O) groups is 2. The molecule has 0 bridgehead atoms. The molecule has 0 saturated carbocycles. The number of nitrogens with zero attached hydrogens (tertiary/aromatic N) is 1. The van der Waals surface area contributed by atoms with E-state index in [0.29, 0.717) is 17.9 Å². The molecule has 0 aliphatic heterocycles. The standard InChI is InChI=1S/C19H22N2O4/c1-21(2)19(24)13-25-16-10-8-15(9-11-16)20-18(23)12-7-14-5-3-4-6-17(14)22/h3-6,8-11,22H,7,12-13H2,1-2H3,(H,20,23). The molecule has 0 unspecified atom stereocenters. The van der Waals surface area contributed by atoms with Gasteiger partial charge in [-0.15, -0.1) is 0 Å². The first kappa shape index (κ1) is 18.3. The zero-order valence-corrected chi connectivity index (χ0v) is 14.4. The van der Waals surface area contributed by atoms with Gasteiger partial charge in [0, 0.05) is 26.2 Å². The number of benzene rings is 2. The fourth-order valence-electron chi connectivity index (χ4n) is 2.10. The Hall–Kier alpha value is -3.02. The van der Waals surface area contributed by atoms with Crippen molar-refractivity contribution in [1.82, 2.24) is 4.90 Å². The van der Waals surface area contributed by atoms with Crippen LogP contribution in [0.3, 0.4) is 0 Å². The van der Waals surface area contributed by atoms with Crippen molar-refractivity contribution in [2.45, 2.75) is 12.8 Å². The van der Waals surface area contributed by atoms with E-state index >= 15 is 0 Å². The summed E-state index contributed by atoms with van der Waals surface area (Å²) in [5.41, 5.74) is 1.39. The van der Waals surface area contributed by atoms with Gasteiger partial charge in [-0.2, -0.15) is 0 Å². The predicted octanol–water partition coefficient (Wildman–Crippen LogP) is 2.43. The largest absolute Gasteiger partial charge is 0.508 e. The van der Waals surface area contributed by atoms with Gasteiger partial charge in [-0.25, -0.2) is 0 Å². The van der Waals surface area contributed by atoms with Crippen molar-refractivity contribution >= 4 is 17.5 Å². The lowest BCUT2D eigenvalue weighted by molar-refractivity contribution is -0.130. The van der Waals surface area contributed by atoms with Crippen molar-refractivity contribution < 1.29 is 19.4 Å². The van der Waals surface area contributed by atoms with Crippen molar-refractivity contribution in [3.05, 3.63) is 54.1 Å². The summed E-state index contributed by atoms with van der Waals surface area (Å²) in [5, 5.41) is 12.5. The molecular formula is C19H22N2O4. The number of ether oxygens (including phenoxy) is 1. The molecule has 25 heavy (non-hydrogen) atoms. The minimum Gasteiger partial charge on any atom is -0.508 e. The molecule has 6 heteroatoms. The number of rotatable bonds is 7. The minimum atomic E-state index is -0.139. The molecule has 2 aromatic rings. The highest BCUT2D eigenvalue weighted by atomic mass is 16.5. The van der Waals surface area contributed by atoms with Gasteiger partial charge < -0.3 is 20.1 Å². The summed E-state index contributed by atoms with van der Waals surface area (Å²) < 4.78 is 5.38. The van der Waals surface area contributed by atoms with Gasteiger partial charge in [-0.1, -0.05) is 18.2 Å². The first-order chi connectivity index (χ1) is 12.0. The van der Waals surface area contributed by atoms with E-state index in [-0.39, 0.29) is 30.6 Å². The number of nitrogens with one attached hydrogen (secondary N) is 1. The molecule has 6 nitrogen and oxygen atoms in total. The Morgan fingerprint density at radius 3 is 2.40 bits per heavy atom. The second-order valence-electron chi connectivity index (χ2n) is 5.78. The number of phenolic OH excluding ortho intramolecular Hbond substituents is 1. The molecule has 0 heterocycles. The van der Waals surface area contributed by atoms with E-state index in [1.54, 1.807) is 56.6 Å². The zero-order chi connectivity index (χ0) is 18.2. The maximum Gasteiger partial charge on any atom is 0.259 e. The van der Waals surface area contributed by atoms with Gasteiger partial charge >= 0.3 is 0 Å². The van der Waals surface area contributed by atoms with Gasteiger partial charge in [-0.3, -0.25) is 9.59 Å². The maximum atomic E-state index is 12.0. The minimum absolute atomic E-state index is 0.0285. The number of carbonyl (C=O) groups excluding carboxylic acids is 2. The van der Waals surface area contributed by atoms with Crippen LogP contribution in [0.5, 0.6) is 11.5 Å². The summed E-state index contributed by atoms with van der Waals surface area (Å²) in [5.74, 6) is 0.493. The molecular weight excluding hydrogens is 320 g/mol. The summed E-state index contributed by atoms with van der Waals surface area (Å²) in [6.45, 7) is -0.0285. The number of phenols is 1. The topological polar surface area (TPSA) is 78.9 Å². The number of anilines is 1. The first-order valence-electron chi connectivity index (χ1n) is 7.95. The second-order valence-corrected chi connectivity index (χ2v) is 5.78. The van der Waals surface area contributed by atoms with Crippen LogP contribution in [-0.4, -0.2) is 42.5 Å². The average molecular weight is 342 g/mol. The van der Waals surface area contributed by atoms with E-state index in [1.807, 2.05) is 6.07 Å². The van der Waals surface area contributed by atoms with E-state index in [1.165, 1.54) is 4.90 Å². The molecule has 2 aromatic carbocycles. The van der Waals surface area contributed by atoms with Crippen molar-refractivity contribution in [3.8, 4) is 11.5 Å². The number of aryl methyl sites for hydroxylation is 1. The number of hydrogen-bond donors (Lipinski definition) is 2. The summed E-state index contributed by atoms with van der Waals surface area (Å²) in [6, 6.07) is 13.8.